The number of hydrogen-bond donors (Lipinski definition) is 0. The highest BCUT2D eigenvalue weighted by molar-refractivity contribution is 7.91. The Morgan fingerprint density at radius 3 is 2.12 bits per heavy atom. The maximum atomic E-state index is 13.6. The third-order valence-corrected chi connectivity index (χ3v) is 8.90. The first-order valence-electron chi connectivity index (χ1n) is 9.92. The zero-order chi connectivity index (χ0) is 16.9. The van der Waals surface area contributed by atoms with E-state index in [-0.39, 0.29) is 23.0 Å². The zero-order valence-corrected chi connectivity index (χ0v) is 15.7. The minimum atomic E-state index is -2.95. The van der Waals surface area contributed by atoms with Crippen LogP contribution in [-0.4, -0.2) is 43.3 Å². The number of nitrogens with zero attached hydrogens (tertiary/aromatic N) is 1. The zero-order valence-electron chi connectivity index (χ0n) is 14.9. The second-order valence-corrected chi connectivity index (χ2v) is 11.3. The Balaban J connectivity index is 1.57. The molecule has 4 nitrogen and oxygen atoms in total. The van der Waals surface area contributed by atoms with E-state index in [1.807, 2.05) is 4.90 Å². The fourth-order valence-electron chi connectivity index (χ4n) is 6.48. The van der Waals surface area contributed by atoms with Crippen LogP contribution in [-0.2, 0) is 14.6 Å². The van der Waals surface area contributed by atoms with E-state index in [1.54, 1.807) is 0 Å². The lowest BCUT2D eigenvalue weighted by Gasteiger charge is -2.57. The van der Waals surface area contributed by atoms with Gasteiger partial charge in [0.2, 0.25) is 5.91 Å². The van der Waals surface area contributed by atoms with Crippen molar-refractivity contribution in [3.63, 3.8) is 0 Å². The molecule has 4 saturated carbocycles. The molecule has 0 aromatic heterocycles. The van der Waals surface area contributed by atoms with Gasteiger partial charge < -0.3 is 4.90 Å². The van der Waals surface area contributed by atoms with Gasteiger partial charge in [-0.15, -0.1) is 0 Å². The second kappa shape index (κ2) is 6.00. The van der Waals surface area contributed by atoms with Crippen molar-refractivity contribution in [2.75, 3.05) is 18.1 Å². The van der Waals surface area contributed by atoms with Crippen molar-refractivity contribution >= 4 is 15.7 Å². The molecule has 0 radical (unpaired) electrons. The van der Waals surface area contributed by atoms with Gasteiger partial charge in [-0.05, 0) is 69.1 Å². The van der Waals surface area contributed by atoms with E-state index in [4.69, 9.17) is 0 Å². The van der Waals surface area contributed by atoms with Gasteiger partial charge in [-0.25, -0.2) is 8.42 Å². The maximum absolute atomic E-state index is 13.6. The highest BCUT2D eigenvalue weighted by Gasteiger charge is 2.56. The van der Waals surface area contributed by atoms with Gasteiger partial charge in [-0.2, -0.15) is 0 Å². The topological polar surface area (TPSA) is 54.5 Å². The molecule has 0 aromatic carbocycles. The summed E-state index contributed by atoms with van der Waals surface area (Å²) in [7, 11) is -2.95. The first kappa shape index (κ1) is 16.9. The monoisotopic (exact) mass is 353 g/mol. The highest BCUT2D eigenvalue weighted by Crippen LogP contribution is 2.60. The summed E-state index contributed by atoms with van der Waals surface area (Å²) in [4.78, 5) is 15.6. The lowest BCUT2D eigenvalue weighted by Crippen LogP contribution is -2.56. The van der Waals surface area contributed by atoms with Crippen LogP contribution in [0.5, 0.6) is 0 Å². The number of amides is 1. The van der Waals surface area contributed by atoms with Gasteiger partial charge >= 0.3 is 0 Å². The number of carbonyl (C=O) groups excluding carboxylic acids is 1. The van der Waals surface area contributed by atoms with Gasteiger partial charge in [0, 0.05) is 12.6 Å². The van der Waals surface area contributed by atoms with E-state index in [1.165, 1.54) is 19.3 Å². The highest BCUT2D eigenvalue weighted by atomic mass is 32.2. The van der Waals surface area contributed by atoms with Crippen LogP contribution < -0.4 is 0 Å². The number of unbranched alkanes of at least 4 members (excludes halogenated alkanes) is 1. The SMILES string of the molecule is CCCCN(C(=O)C12CC3CC(CC(C3)C1)C2)[C@H]1CCS(=O)(=O)C1. The molecule has 0 aromatic rings. The van der Waals surface area contributed by atoms with Crippen molar-refractivity contribution in [3.05, 3.63) is 0 Å². The summed E-state index contributed by atoms with van der Waals surface area (Å²) in [5, 5.41) is 0. The summed E-state index contributed by atoms with van der Waals surface area (Å²) in [5.74, 6) is 3.02. The van der Waals surface area contributed by atoms with Crippen LogP contribution in [0.15, 0.2) is 0 Å². The third kappa shape index (κ3) is 2.91. The molecule has 4 aliphatic carbocycles. The summed E-state index contributed by atoms with van der Waals surface area (Å²) in [6, 6.07) is -0.0675. The second-order valence-electron chi connectivity index (χ2n) is 9.11. The lowest BCUT2D eigenvalue weighted by atomic mass is 9.49. The molecule has 0 N–H and O–H groups in total. The van der Waals surface area contributed by atoms with Crippen LogP contribution >= 0.6 is 0 Å². The average molecular weight is 354 g/mol. The van der Waals surface area contributed by atoms with Crippen LogP contribution in [0.25, 0.3) is 0 Å². The number of sulfone groups is 1. The molecule has 0 spiro atoms. The van der Waals surface area contributed by atoms with Gasteiger partial charge in [0.1, 0.15) is 0 Å². The number of hydrogen-bond acceptors (Lipinski definition) is 3. The largest absolute Gasteiger partial charge is 0.338 e. The fourth-order valence-corrected chi connectivity index (χ4v) is 8.21. The lowest BCUT2D eigenvalue weighted by molar-refractivity contribution is -0.159. The van der Waals surface area contributed by atoms with Crippen LogP contribution in [0.3, 0.4) is 0 Å². The molecule has 4 bridgehead atoms. The molecule has 5 rings (SSSR count). The van der Waals surface area contributed by atoms with Crippen LogP contribution in [0.4, 0.5) is 0 Å². The van der Waals surface area contributed by atoms with Crippen molar-refractivity contribution < 1.29 is 13.2 Å². The van der Waals surface area contributed by atoms with Gasteiger partial charge in [-0.3, -0.25) is 4.79 Å². The smallest absolute Gasteiger partial charge is 0.229 e. The Labute approximate surface area is 146 Å². The quantitative estimate of drug-likeness (QED) is 0.763. The van der Waals surface area contributed by atoms with E-state index in [9.17, 15) is 13.2 Å². The molecule has 1 aliphatic heterocycles. The van der Waals surface area contributed by atoms with Gasteiger partial charge in [0.15, 0.2) is 9.84 Å². The van der Waals surface area contributed by atoms with Gasteiger partial charge in [0.05, 0.1) is 16.9 Å². The first-order valence-corrected chi connectivity index (χ1v) is 11.7. The van der Waals surface area contributed by atoms with Crippen molar-refractivity contribution in [1.82, 2.24) is 4.90 Å². The standard InChI is InChI=1S/C19H31NO3S/c1-2-3-5-20(17-4-6-24(22,23)13-17)18(21)19-10-14-7-15(11-19)9-16(8-14)12-19/h14-17H,2-13H2,1H3/t14?,15?,16?,17-,19?/m0/s1. The predicted molar refractivity (Wildman–Crippen MR) is 94.3 cm³/mol. The molecule has 1 amide bonds. The summed E-state index contributed by atoms with van der Waals surface area (Å²) in [6.45, 7) is 2.88. The first-order chi connectivity index (χ1) is 11.4. The van der Waals surface area contributed by atoms with Crippen molar-refractivity contribution in [1.29, 1.82) is 0 Å². The predicted octanol–water partition coefficient (Wildman–Crippen LogP) is 3.02. The molecule has 1 heterocycles. The molecule has 5 heteroatoms. The van der Waals surface area contributed by atoms with E-state index < -0.39 is 9.84 Å². The molecular weight excluding hydrogens is 322 g/mol. The molecule has 136 valence electrons. The molecular formula is C19H31NO3S. The summed E-state index contributed by atoms with van der Waals surface area (Å²) in [6.07, 6.45) is 9.88. The van der Waals surface area contributed by atoms with E-state index in [0.717, 1.165) is 56.4 Å². The summed E-state index contributed by atoms with van der Waals surface area (Å²) >= 11 is 0. The molecule has 0 unspecified atom stereocenters. The minimum Gasteiger partial charge on any atom is -0.338 e. The van der Waals surface area contributed by atoms with E-state index >= 15 is 0 Å². The van der Waals surface area contributed by atoms with Crippen LogP contribution in [0, 0.1) is 23.2 Å². The molecule has 5 aliphatic rings. The number of rotatable bonds is 5. The van der Waals surface area contributed by atoms with Gasteiger partial charge in [0.25, 0.3) is 0 Å². The Morgan fingerprint density at radius 2 is 1.67 bits per heavy atom. The summed E-state index contributed by atoms with van der Waals surface area (Å²) < 4.78 is 23.9. The average Bonchev–Trinajstić information content (AvgIpc) is 2.86. The van der Waals surface area contributed by atoms with Crippen LogP contribution in [0.2, 0.25) is 0 Å². The Morgan fingerprint density at radius 1 is 1.08 bits per heavy atom. The molecule has 1 atom stereocenters. The maximum Gasteiger partial charge on any atom is 0.229 e. The fraction of sp³-hybridized carbons (Fsp3) is 0.947. The molecule has 1 saturated heterocycles. The number of carbonyl (C=O) groups is 1. The van der Waals surface area contributed by atoms with Crippen molar-refractivity contribution in [3.8, 4) is 0 Å². The Kier molecular flexibility index (Phi) is 4.21. The Bertz CT molecular complexity index is 577. The Hall–Kier alpha value is -0.580. The minimum absolute atomic E-state index is 0.0675. The molecule has 5 fully saturated rings. The van der Waals surface area contributed by atoms with Crippen LogP contribution in [0.1, 0.15) is 64.7 Å². The summed E-state index contributed by atoms with van der Waals surface area (Å²) in [5.41, 5.74) is -0.144. The molecule has 24 heavy (non-hydrogen) atoms. The van der Waals surface area contributed by atoms with Crippen molar-refractivity contribution in [2.45, 2.75) is 70.8 Å². The third-order valence-electron chi connectivity index (χ3n) is 7.15. The van der Waals surface area contributed by atoms with Crippen molar-refractivity contribution in [2.24, 2.45) is 23.2 Å². The van der Waals surface area contributed by atoms with E-state index in [2.05, 4.69) is 6.92 Å². The normalized spacial score (nSPS) is 42.4. The van der Waals surface area contributed by atoms with Gasteiger partial charge in [-0.1, -0.05) is 13.3 Å². The van der Waals surface area contributed by atoms with E-state index in [0.29, 0.717) is 12.3 Å².